The number of hydrogen-bond donors (Lipinski definition) is 3. The summed E-state index contributed by atoms with van der Waals surface area (Å²) in [5.74, 6) is -1.38. The fourth-order valence-electron chi connectivity index (χ4n) is 3.06. The molecule has 3 aromatic rings. The number of rotatable bonds is 5. The smallest absolute Gasteiger partial charge is 0.254 e. The van der Waals surface area contributed by atoms with Crippen molar-refractivity contribution in [1.82, 2.24) is 10.3 Å². The van der Waals surface area contributed by atoms with Gasteiger partial charge in [-0.2, -0.15) is 0 Å². The maximum absolute atomic E-state index is 13.0. The molecule has 2 aromatic carbocycles. The Hall–Kier alpha value is -3.59. The zero-order valence-electron chi connectivity index (χ0n) is 15.6. The molecule has 152 valence electrons. The van der Waals surface area contributed by atoms with Crippen LogP contribution < -0.4 is 16.0 Å². The van der Waals surface area contributed by atoms with Gasteiger partial charge in [0.2, 0.25) is 11.8 Å². The maximum atomic E-state index is 13.0. The number of hydrogen-bond acceptors (Lipinski definition) is 5. The van der Waals surface area contributed by atoms with Gasteiger partial charge >= 0.3 is 0 Å². The second-order valence-electron chi connectivity index (χ2n) is 6.69. The number of carbonyl (C=O) groups is 3. The van der Waals surface area contributed by atoms with Crippen molar-refractivity contribution in [3.63, 3.8) is 0 Å². The van der Waals surface area contributed by atoms with Crippen LogP contribution in [0, 0.1) is 5.82 Å². The van der Waals surface area contributed by atoms with Crippen molar-refractivity contribution in [2.45, 2.75) is 18.9 Å². The molecule has 9 heteroatoms. The lowest BCUT2D eigenvalue weighted by molar-refractivity contribution is -0.118. The van der Waals surface area contributed by atoms with E-state index in [0.29, 0.717) is 22.1 Å². The zero-order chi connectivity index (χ0) is 21.1. The molecule has 3 amide bonds. The van der Waals surface area contributed by atoms with Gasteiger partial charge in [-0.25, -0.2) is 9.37 Å². The number of fused-ring (bicyclic) bond motifs is 1. The van der Waals surface area contributed by atoms with Gasteiger partial charge in [0.05, 0.1) is 16.9 Å². The van der Waals surface area contributed by atoms with Gasteiger partial charge in [-0.05, 0) is 42.8 Å². The van der Waals surface area contributed by atoms with Gasteiger partial charge in [0, 0.05) is 17.4 Å². The molecule has 0 radical (unpaired) electrons. The number of anilines is 2. The summed E-state index contributed by atoms with van der Waals surface area (Å²) in [5.41, 5.74) is 2.20. The molecule has 0 saturated heterocycles. The highest BCUT2D eigenvalue weighted by molar-refractivity contribution is 7.14. The van der Waals surface area contributed by atoms with Crippen LogP contribution in [0.4, 0.5) is 15.2 Å². The first kappa shape index (κ1) is 19.7. The predicted octanol–water partition coefficient (Wildman–Crippen LogP) is 3.42. The van der Waals surface area contributed by atoms with Gasteiger partial charge in [0.25, 0.3) is 5.91 Å². The van der Waals surface area contributed by atoms with E-state index < -0.39 is 6.04 Å². The summed E-state index contributed by atoms with van der Waals surface area (Å²) in [7, 11) is 0. The lowest BCUT2D eigenvalue weighted by atomic mass is 10.1. The van der Waals surface area contributed by atoms with Crippen LogP contribution in [-0.4, -0.2) is 28.7 Å². The Morgan fingerprint density at radius 2 is 1.90 bits per heavy atom. The van der Waals surface area contributed by atoms with Crippen LogP contribution in [0.1, 0.15) is 23.2 Å². The van der Waals surface area contributed by atoms with E-state index >= 15 is 0 Å². The van der Waals surface area contributed by atoms with Crippen LogP contribution in [0.2, 0.25) is 0 Å². The number of carbonyl (C=O) groups excluding carboxylic acids is 3. The highest BCUT2D eigenvalue weighted by Gasteiger charge is 2.27. The van der Waals surface area contributed by atoms with E-state index in [1.807, 2.05) is 0 Å². The van der Waals surface area contributed by atoms with Crippen LogP contribution >= 0.6 is 11.3 Å². The van der Waals surface area contributed by atoms with Crippen molar-refractivity contribution >= 4 is 39.9 Å². The number of aromatic nitrogens is 1. The van der Waals surface area contributed by atoms with Crippen molar-refractivity contribution < 1.29 is 18.8 Å². The standard InChI is InChI=1S/C21H17FN4O3S/c22-13-7-5-12(6-8-13)17-11-30-21(25-17)26-18(27)10-9-16-20(29)23-15-4-2-1-3-14(15)19(28)24-16/h1-8,11,16H,9-10H2,(H,23,29)(H,24,28)(H,25,26,27)/t16-/m0/s1. The normalized spacial score (nSPS) is 15.6. The molecule has 3 N–H and O–H groups in total. The highest BCUT2D eigenvalue weighted by atomic mass is 32.1. The number of benzene rings is 2. The van der Waals surface area contributed by atoms with E-state index in [2.05, 4.69) is 20.9 Å². The summed E-state index contributed by atoms with van der Waals surface area (Å²) in [4.78, 5) is 41.3. The summed E-state index contributed by atoms with van der Waals surface area (Å²) in [6, 6.07) is 11.8. The molecule has 1 aliphatic rings. The third-order valence-electron chi connectivity index (χ3n) is 4.60. The van der Waals surface area contributed by atoms with Crippen molar-refractivity contribution in [3.8, 4) is 11.3 Å². The molecule has 2 heterocycles. The first-order chi connectivity index (χ1) is 14.5. The Bertz CT molecular complexity index is 1110. The van der Waals surface area contributed by atoms with Gasteiger partial charge in [-0.1, -0.05) is 12.1 Å². The van der Waals surface area contributed by atoms with E-state index in [0.717, 1.165) is 5.56 Å². The Balaban J connectivity index is 1.34. The molecular formula is C21H17FN4O3S. The molecule has 7 nitrogen and oxygen atoms in total. The van der Waals surface area contributed by atoms with Crippen LogP contribution in [0.3, 0.4) is 0 Å². The van der Waals surface area contributed by atoms with Crippen LogP contribution in [0.5, 0.6) is 0 Å². The average Bonchev–Trinajstić information content (AvgIpc) is 3.15. The van der Waals surface area contributed by atoms with Crippen molar-refractivity contribution in [2.24, 2.45) is 0 Å². The molecule has 1 atom stereocenters. The largest absolute Gasteiger partial charge is 0.340 e. The van der Waals surface area contributed by atoms with Crippen molar-refractivity contribution in [1.29, 1.82) is 0 Å². The molecule has 0 spiro atoms. The topological polar surface area (TPSA) is 100 Å². The van der Waals surface area contributed by atoms with Gasteiger partial charge in [-0.3, -0.25) is 14.4 Å². The number of nitrogens with zero attached hydrogens (tertiary/aromatic N) is 1. The number of halogens is 1. The second-order valence-corrected chi connectivity index (χ2v) is 7.55. The molecular weight excluding hydrogens is 407 g/mol. The monoisotopic (exact) mass is 424 g/mol. The Morgan fingerprint density at radius 1 is 1.13 bits per heavy atom. The van der Waals surface area contributed by atoms with E-state index in [-0.39, 0.29) is 36.4 Å². The Labute approximate surface area is 175 Å². The number of thiazole rings is 1. The fourth-order valence-corrected chi connectivity index (χ4v) is 3.79. The molecule has 1 aliphatic heterocycles. The number of nitrogens with one attached hydrogen (secondary N) is 3. The third-order valence-corrected chi connectivity index (χ3v) is 5.36. The van der Waals surface area contributed by atoms with Gasteiger partial charge in [0.1, 0.15) is 11.9 Å². The fraction of sp³-hybridized carbons (Fsp3) is 0.143. The van der Waals surface area contributed by atoms with E-state index in [4.69, 9.17) is 0 Å². The van der Waals surface area contributed by atoms with E-state index in [1.165, 1.54) is 23.5 Å². The summed E-state index contributed by atoms with van der Waals surface area (Å²) in [6.07, 6.45) is 0.174. The lowest BCUT2D eigenvalue weighted by Crippen LogP contribution is -2.41. The summed E-state index contributed by atoms with van der Waals surface area (Å²) < 4.78 is 13.0. The Morgan fingerprint density at radius 3 is 2.70 bits per heavy atom. The predicted molar refractivity (Wildman–Crippen MR) is 112 cm³/mol. The van der Waals surface area contributed by atoms with Crippen LogP contribution in [0.15, 0.2) is 53.9 Å². The minimum absolute atomic E-state index is 0.0279. The lowest BCUT2D eigenvalue weighted by Gasteiger charge is -2.13. The molecule has 4 rings (SSSR count). The molecule has 0 bridgehead atoms. The third kappa shape index (κ3) is 4.36. The van der Waals surface area contributed by atoms with E-state index in [1.54, 1.807) is 41.8 Å². The van der Waals surface area contributed by atoms with Crippen LogP contribution in [-0.2, 0) is 9.59 Å². The minimum atomic E-state index is -0.818. The summed E-state index contributed by atoms with van der Waals surface area (Å²) >= 11 is 1.25. The second kappa shape index (κ2) is 8.42. The quantitative estimate of drug-likeness (QED) is 0.584. The molecule has 0 unspecified atom stereocenters. The molecule has 0 fully saturated rings. The zero-order valence-corrected chi connectivity index (χ0v) is 16.5. The van der Waals surface area contributed by atoms with Gasteiger partial charge in [-0.15, -0.1) is 11.3 Å². The molecule has 0 saturated carbocycles. The van der Waals surface area contributed by atoms with Crippen LogP contribution in [0.25, 0.3) is 11.3 Å². The van der Waals surface area contributed by atoms with Crippen molar-refractivity contribution in [2.75, 3.05) is 10.6 Å². The minimum Gasteiger partial charge on any atom is -0.340 e. The SMILES string of the molecule is O=C(CC[C@@H]1NC(=O)c2ccccc2NC1=O)Nc1nc(-c2ccc(F)cc2)cs1. The molecule has 30 heavy (non-hydrogen) atoms. The van der Waals surface area contributed by atoms with E-state index in [9.17, 15) is 18.8 Å². The maximum Gasteiger partial charge on any atom is 0.254 e. The Kier molecular flexibility index (Phi) is 5.53. The number of para-hydroxylation sites is 1. The average molecular weight is 424 g/mol. The molecule has 0 aliphatic carbocycles. The summed E-state index contributed by atoms with van der Waals surface area (Å²) in [6.45, 7) is 0. The number of amides is 3. The van der Waals surface area contributed by atoms with Gasteiger partial charge < -0.3 is 16.0 Å². The highest BCUT2D eigenvalue weighted by Crippen LogP contribution is 2.25. The summed E-state index contributed by atoms with van der Waals surface area (Å²) in [5, 5.41) is 10.2. The first-order valence-corrected chi connectivity index (χ1v) is 10.1. The first-order valence-electron chi connectivity index (χ1n) is 9.21. The molecule has 1 aromatic heterocycles. The van der Waals surface area contributed by atoms with Crippen molar-refractivity contribution in [3.05, 3.63) is 65.3 Å². The van der Waals surface area contributed by atoms with Gasteiger partial charge in [0.15, 0.2) is 5.13 Å².